The van der Waals surface area contributed by atoms with Crippen LogP contribution in [-0.2, 0) is 9.59 Å². The number of aliphatic carboxylic acids is 1. The molecule has 0 spiro atoms. The summed E-state index contributed by atoms with van der Waals surface area (Å²) in [6, 6.07) is -0.437. The van der Waals surface area contributed by atoms with E-state index in [1.54, 1.807) is 4.90 Å². The summed E-state index contributed by atoms with van der Waals surface area (Å²) in [5.74, 6) is -1.88. The molecule has 0 aromatic carbocycles. The number of hydrogen-bond acceptors (Lipinski definition) is 3. The summed E-state index contributed by atoms with van der Waals surface area (Å²) >= 11 is 0. The van der Waals surface area contributed by atoms with Gasteiger partial charge in [-0.05, 0) is 12.8 Å². The second-order valence-electron chi connectivity index (χ2n) is 4.69. The van der Waals surface area contributed by atoms with Crippen LogP contribution in [0.4, 0.5) is 4.79 Å². The van der Waals surface area contributed by atoms with E-state index in [2.05, 4.69) is 0 Å². The quantitative estimate of drug-likeness (QED) is 0.622. The van der Waals surface area contributed by atoms with E-state index in [0.29, 0.717) is 13.1 Å². The lowest BCUT2D eigenvalue weighted by atomic mass is 10.2. The zero-order valence-corrected chi connectivity index (χ0v) is 12.3. The molecule has 7 nitrogen and oxygen atoms in total. The van der Waals surface area contributed by atoms with Gasteiger partial charge in [0, 0.05) is 13.1 Å². The molecule has 3 amide bonds. The van der Waals surface area contributed by atoms with Gasteiger partial charge in [0.2, 0.25) is 5.91 Å². The first-order chi connectivity index (χ1) is 9.42. The molecule has 0 saturated carbocycles. The van der Waals surface area contributed by atoms with Crippen molar-refractivity contribution in [3.8, 4) is 0 Å². The molecule has 0 saturated heterocycles. The Bertz CT molecular complexity index is 310. The lowest BCUT2D eigenvalue weighted by molar-refractivity contribution is -0.138. The zero-order valence-electron chi connectivity index (χ0n) is 12.3. The highest BCUT2D eigenvalue weighted by Crippen LogP contribution is 2.05. The van der Waals surface area contributed by atoms with E-state index in [9.17, 15) is 14.4 Å². The topological polar surface area (TPSA) is 104 Å². The molecule has 7 heteroatoms. The van der Waals surface area contributed by atoms with Crippen molar-refractivity contribution < 1.29 is 19.5 Å². The van der Waals surface area contributed by atoms with Crippen molar-refractivity contribution in [1.29, 1.82) is 0 Å². The molecule has 0 aliphatic heterocycles. The molecule has 0 unspecified atom stereocenters. The highest BCUT2D eigenvalue weighted by molar-refractivity contribution is 5.85. The molecule has 0 rings (SSSR count). The Hall–Kier alpha value is -1.79. The summed E-state index contributed by atoms with van der Waals surface area (Å²) in [4.78, 5) is 36.6. The number of rotatable bonds is 10. The van der Waals surface area contributed by atoms with Crippen molar-refractivity contribution in [3.63, 3.8) is 0 Å². The summed E-state index contributed by atoms with van der Waals surface area (Å²) in [5, 5.41) is 8.82. The number of carbonyl (C=O) groups is 3. The second kappa shape index (κ2) is 10.1. The number of hydrogen-bond donors (Lipinski definition) is 2. The first kappa shape index (κ1) is 18.2. The van der Waals surface area contributed by atoms with Gasteiger partial charge in [0.15, 0.2) is 0 Å². The summed E-state index contributed by atoms with van der Waals surface area (Å²) < 4.78 is 0. The van der Waals surface area contributed by atoms with Crippen LogP contribution in [0.25, 0.3) is 0 Å². The number of carbonyl (C=O) groups excluding carboxylic acids is 2. The summed E-state index contributed by atoms with van der Waals surface area (Å²) in [6.07, 6.45) is 3.55. The highest BCUT2D eigenvalue weighted by atomic mass is 16.4. The fourth-order valence-electron chi connectivity index (χ4n) is 1.74. The van der Waals surface area contributed by atoms with Gasteiger partial charge in [0.25, 0.3) is 0 Å². The van der Waals surface area contributed by atoms with Crippen molar-refractivity contribution in [3.05, 3.63) is 0 Å². The van der Waals surface area contributed by atoms with E-state index >= 15 is 0 Å². The first-order valence-electron chi connectivity index (χ1n) is 6.96. The molecule has 3 N–H and O–H groups in total. The summed E-state index contributed by atoms with van der Waals surface area (Å²) in [6.45, 7) is 4.26. The van der Waals surface area contributed by atoms with Crippen molar-refractivity contribution in [2.45, 2.75) is 39.5 Å². The molecular weight excluding hydrogens is 262 g/mol. The third kappa shape index (κ3) is 7.60. The molecule has 0 atom stereocenters. The lowest BCUT2D eigenvalue weighted by Crippen LogP contribution is -2.49. The largest absolute Gasteiger partial charge is 0.480 e. The molecule has 0 heterocycles. The summed E-state index contributed by atoms with van der Waals surface area (Å²) in [5.41, 5.74) is 5.06. The van der Waals surface area contributed by atoms with Gasteiger partial charge in [-0.1, -0.05) is 26.7 Å². The van der Waals surface area contributed by atoms with Gasteiger partial charge in [-0.3, -0.25) is 9.59 Å². The normalized spacial score (nSPS) is 10.1. The predicted molar refractivity (Wildman–Crippen MR) is 75.2 cm³/mol. The van der Waals surface area contributed by atoms with Crippen LogP contribution in [0.1, 0.15) is 39.5 Å². The van der Waals surface area contributed by atoms with Gasteiger partial charge in [0.05, 0.1) is 0 Å². The molecule has 0 aliphatic carbocycles. The van der Waals surface area contributed by atoms with Crippen molar-refractivity contribution in [1.82, 2.24) is 9.80 Å². The van der Waals surface area contributed by atoms with E-state index in [4.69, 9.17) is 10.8 Å². The Morgan fingerprint density at radius 2 is 1.45 bits per heavy atom. The fourth-order valence-corrected chi connectivity index (χ4v) is 1.74. The highest BCUT2D eigenvalue weighted by Gasteiger charge is 2.23. The number of urea groups is 1. The second-order valence-corrected chi connectivity index (χ2v) is 4.69. The Labute approximate surface area is 119 Å². The maximum atomic E-state index is 12.3. The monoisotopic (exact) mass is 287 g/mol. The number of amides is 3. The smallest absolute Gasteiger partial charge is 0.323 e. The third-order valence-electron chi connectivity index (χ3n) is 2.78. The van der Waals surface area contributed by atoms with Gasteiger partial charge < -0.3 is 20.6 Å². The molecule has 0 bridgehead atoms. The third-order valence-corrected chi connectivity index (χ3v) is 2.78. The Balaban J connectivity index is 4.80. The molecule has 20 heavy (non-hydrogen) atoms. The Morgan fingerprint density at radius 1 is 0.950 bits per heavy atom. The van der Waals surface area contributed by atoms with E-state index in [1.807, 2.05) is 13.8 Å². The molecule has 116 valence electrons. The van der Waals surface area contributed by atoms with Crippen molar-refractivity contribution >= 4 is 17.9 Å². The first-order valence-corrected chi connectivity index (χ1v) is 6.96. The van der Waals surface area contributed by atoms with Crippen molar-refractivity contribution in [2.24, 2.45) is 5.73 Å². The van der Waals surface area contributed by atoms with Crippen LogP contribution in [0.15, 0.2) is 0 Å². The molecule has 0 aliphatic rings. The van der Waals surface area contributed by atoms with E-state index < -0.39 is 24.5 Å². The maximum Gasteiger partial charge on any atom is 0.323 e. The van der Waals surface area contributed by atoms with E-state index in [1.165, 1.54) is 0 Å². The molecule has 0 aromatic rings. The lowest BCUT2D eigenvalue weighted by Gasteiger charge is -2.29. The van der Waals surface area contributed by atoms with Gasteiger partial charge >= 0.3 is 12.0 Å². The van der Waals surface area contributed by atoms with Gasteiger partial charge in [-0.25, -0.2) is 4.79 Å². The zero-order chi connectivity index (χ0) is 15.5. The maximum absolute atomic E-state index is 12.3. The molecule has 0 radical (unpaired) electrons. The standard InChI is InChI=1S/C13H25N3O4/c1-3-5-7-15(8-6-4-2)13(20)16(9-11(14)17)10-12(18)19/h3-10H2,1-2H3,(H2,14,17)(H,18,19). The fraction of sp³-hybridized carbons (Fsp3) is 0.769. The van der Waals surface area contributed by atoms with Crippen LogP contribution in [0.5, 0.6) is 0 Å². The minimum atomic E-state index is -1.16. The minimum absolute atomic E-state index is 0.375. The van der Waals surface area contributed by atoms with E-state index in [-0.39, 0.29) is 6.54 Å². The van der Waals surface area contributed by atoms with Crippen LogP contribution in [0.2, 0.25) is 0 Å². The number of carboxylic acid groups (broad SMARTS) is 1. The molecule has 0 aromatic heterocycles. The predicted octanol–water partition coefficient (Wildman–Crippen LogP) is 0.881. The average Bonchev–Trinajstić information content (AvgIpc) is 2.36. The SMILES string of the molecule is CCCCN(CCCC)C(=O)N(CC(N)=O)CC(=O)O. The van der Waals surface area contributed by atoms with Crippen molar-refractivity contribution in [2.75, 3.05) is 26.2 Å². The van der Waals surface area contributed by atoms with E-state index in [0.717, 1.165) is 30.6 Å². The van der Waals surface area contributed by atoms with Gasteiger partial charge in [-0.2, -0.15) is 0 Å². The van der Waals surface area contributed by atoms with Crippen LogP contribution < -0.4 is 5.73 Å². The number of carboxylic acids is 1. The number of unbranched alkanes of at least 4 members (excludes halogenated alkanes) is 2. The Morgan fingerprint density at radius 3 is 1.80 bits per heavy atom. The van der Waals surface area contributed by atoms with Crippen LogP contribution in [-0.4, -0.2) is 59.0 Å². The number of nitrogens with two attached hydrogens (primary N) is 1. The van der Waals surface area contributed by atoms with Crippen LogP contribution in [0.3, 0.4) is 0 Å². The Kier molecular flexibility index (Phi) is 9.15. The van der Waals surface area contributed by atoms with Crippen LogP contribution >= 0.6 is 0 Å². The number of primary amides is 1. The molecular formula is C13H25N3O4. The average molecular weight is 287 g/mol. The molecule has 0 fully saturated rings. The van der Waals surface area contributed by atoms with Crippen LogP contribution in [0, 0.1) is 0 Å². The summed E-state index contributed by atoms with van der Waals surface area (Å²) in [7, 11) is 0. The number of nitrogens with zero attached hydrogens (tertiary/aromatic N) is 2. The van der Waals surface area contributed by atoms with Gasteiger partial charge in [0.1, 0.15) is 13.1 Å². The minimum Gasteiger partial charge on any atom is -0.480 e. The van der Waals surface area contributed by atoms with Gasteiger partial charge in [-0.15, -0.1) is 0 Å².